The quantitative estimate of drug-likeness (QED) is 0.880. The van der Waals surface area contributed by atoms with Crippen LogP contribution in [-0.2, 0) is 11.2 Å². The number of carboxylic acid groups (broad SMARTS) is 1. The first-order valence-corrected chi connectivity index (χ1v) is 5.84. The third-order valence-corrected chi connectivity index (χ3v) is 3.20. The summed E-state index contributed by atoms with van der Waals surface area (Å²) in [7, 11) is 0. The smallest absolute Gasteiger partial charge is 0.307 e. The van der Waals surface area contributed by atoms with Crippen LogP contribution < -0.4 is 0 Å². The topological polar surface area (TPSA) is 55.1 Å². The Bertz CT molecular complexity index is 597. The molecule has 2 aromatic rings. The van der Waals surface area contributed by atoms with Gasteiger partial charge in [-0.2, -0.15) is 0 Å². The van der Waals surface area contributed by atoms with E-state index < -0.39 is 5.97 Å². The van der Waals surface area contributed by atoms with Crippen molar-refractivity contribution in [2.75, 3.05) is 0 Å². The molecule has 0 spiro atoms. The third-order valence-electron chi connectivity index (χ3n) is 3.20. The maximum Gasteiger partial charge on any atom is 0.307 e. The second kappa shape index (κ2) is 3.58. The Morgan fingerprint density at radius 3 is 2.94 bits per heavy atom. The van der Waals surface area contributed by atoms with Crippen molar-refractivity contribution < 1.29 is 9.90 Å². The number of aromatic nitrogens is 2. The highest BCUT2D eigenvalue weighted by Crippen LogP contribution is 2.38. The van der Waals surface area contributed by atoms with E-state index in [1.807, 2.05) is 25.1 Å². The standard InChI is InChI=1S/C13H14N2O2/c1-8-14-11-5-2-9(7-13(16)17)6-12(11)15(8)10-3-4-10/h2,5-6,10H,3-4,7H2,1H3,(H,16,17). The van der Waals surface area contributed by atoms with Gasteiger partial charge in [0.25, 0.3) is 0 Å². The number of fused-ring (bicyclic) bond motifs is 1. The zero-order valence-electron chi connectivity index (χ0n) is 9.68. The number of benzene rings is 1. The molecule has 0 atom stereocenters. The van der Waals surface area contributed by atoms with Crippen molar-refractivity contribution in [1.29, 1.82) is 0 Å². The summed E-state index contributed by atoms with van der Waals surface area (Å²) in [6, 6.07) is 6.29. The second-order valence-electron chi connectivity index (χ2n) is 4.65. The number of hydrogen-bond donors (Lipinski definition) is 1. The van der Waals surface area contributed by atoms with E-state index in [4.69, 9.17) is 5.11 Å². The minimum atomic E-state index is -0.793. The lowest BCUT2D eigenvalue weighted by Gasteiger charge is -2.04. The highest BCUT2D eigenvalue weighted by Gasteiger charge is 2.26. The zero-order valence-corrected chi connectivity index (χ0v) is 9.68. The van der Waals surface area contributed by atoms with E-state index in [0.717, 1.165) is 22.4 Å². The Balaban J connectivity index is 2.12. The normalized spacial score (nSPS) is 15.4. The van der Waals surface area contributed by atoms with Gasteiger partial charge in [-0.25, -0.2) is 4.98 Å². The molecule has 0 aliphatic heterocycles. The molecule has 0 unspecified atom stereocenters. The fourth-order valence-electron chi connectivity index (χ4n) is 2.34. The van der Waals surface area contributed by atoms with Crippen molar-refractivity contribution in [3.05, 3.63) is 29.6 Å². The SMILES string of the molecule is Cc1nc2ccc(CC(=O)O)cc2n1C1CC1. The fourth-order valence-corrected chi connectivity index (χ4v) is 2.34. The summed E-state index contributed by atoms with van der Waals surface area (Å²) in [5.74, 6) is 0.230. The van der Waals surface area contributed by atoms with Crippen LogP contribution in [0.1, 0.15) is 30.3 Å². The summed E-state index contributed by atoms with van der Waals surface area (Å²) >= 11 is 0. The van der Waals surface area contributed by atoms with Crippen molar-refractivity contribution in [1.82, 2.24) is 9.55 Å². The fraction of sp³-hybridized carbons (Fsp3) is 0.385. The van der Waals surface area contributed by atoms with Crippen LogP contribution in [0.4, 0.5) is 0 Å². The Kier molecular flexibility index (Phi) is 2.18. The molecule has 4 nitrogen and oxygen atoms in total. The molecule has 0 bridgehead atoms. The van der Waals surface area contributed by atoms with Gasteiger partial charge in [-0.1, -0.05) is 6.07 Å². The summed E-state index contributed by atoms with van der Waals surface area (Å²) in [6.07, 6.45) is 2.48. The summed E-state index contributed by atoms with van der Waals surface area (Å²) in [5, 5.41) is 8.81. The molecule has 0 saturated heterocycles. The van der Waals surface area contributed by atoms with Gasteiger partial charge in [0.2, 0.25) is 0 Å². The van der Waals surface area contributed by atoms with Gasteiger partial charge in [-0.3, -0.25) is 4.79 Å². The lowest BCUT2D eigenvalue weighted by molar-refractivity contribution is -0.136. The maximum atomic E-state index is 10.7. The molecule has 1 aliphatic rings. The molecule has 1 fully saturated rings. The minimum Gasteiger partial charge on any atom is -0.481 e. The largest absolute Gasteiger partial charge is 0.481 e. The van der Waals surface area contributed by atoms with Crippen LogP contribution in [0.25, 0.3) is 11.0 Å². The van der Waals surface area contributed by atoms with Gasteiger partial charge in [-0.15, -0.1) is 0 Å². The molecule has 3 rings (SSSR count). The number of aliphatic carboxylic acids is 1. The lowest BCUT2D eigenvalue weighted by atomic mass is 10.1. The molecule has 88 valence electrons. The highest BCUT2D eigenvalue weighted by atomic mass is 16.4. The van der Waals surface area contributed by atoms with E-state index in [2.05, 4.69) is 9.55 Å². The molecule has 0 amide bonds. The number of imidazole rings is 1. The molecule has 1 aliphatic carbocycles. The number of aryl methyl sites for hydroxylation is 1. The van der Waals surface area contributed by atoms with Gasteiger partial charge in [0.1, 0.15) is 5.82 Å². The third kappa shape index (κ3) is 1.79. The van der Waals surface area contributed by atoms with E-state index in [1.165, 1.54) is 12.8 Å². The van der Waals surface area contributed by atoms with Crippen LogP contribution in [-0.4, -0.2) is 20.6 Å². The van der Waals surface area contributed by atoms with Crippen LogP contribution in [0.2, 0.25) is 0 Å². The monoisotopic (exact) mass is 230 g/mol. The van der Waals surface area contributed by atoms with Crippen LogP contribution >= 0.6 is 0 Å². The van der Waals surface area contributed by atoms with E-state index >= 15 is 0 Å². The molecule has 1 saturated carbocycles. The number of nitrogens with zero attached hydrogens (tertiary/aromatic N) is 2. The Morgan fingerprint density at radius 2 is 2.29 bits per heavy atom. The maximum absolute atomic E-state index is 10.7. The minimum absolute atomic E-state index is 0.0742. The van der Waals surface area contributed by atoms with Crippen LogP contribution in [0.5, 0.6) is 0 Å². The molecule has 1 heterocycles. The molecule has 4 heteroatoms. The van der Waals surface area contributed by atoms with Crippen molar-refractivity contribution >= 4 is 17.0 Å². The molecule has 17 heavy (non-hydrogen) atoms. The summed E-state index contributed by atoms with van der Waals surface area (Å²) < 4.78 is 2.24. The average Bonchev–Trinajstić information content (AvgIpc) is 3.01. The van der Waals surface area contributed by atoms with Crippen molar-refractivity contribution in [2.24, 2.45) is 0 Å². The molecule has 0 radical (unpaired) electrons. The lowest BCUT2D eigenvalue weighted by Crippen LogP contribution is -2.01. The molecular weight excluding hydrogens is 216 g/mol. The van der Waals surface area contributed by atoms with Crippen LogP contribution in [0.15, 0.2) is 18.2 Å². The first kappa shape index (κ1) is 10.3. The van der Waals surface area contributed by atoms with Gasteiger partial charge < -0.3 is 9.67 Å². The predicted octanol–water partition coefficient (Wildman–Crippen LogP) is 2.31. The van der Waals surface area contributed by atoms with Gasteiger partial charge in [-0.05, 0) is 37.5 Å². The van der Waals surface area contributed by atoms with Crippen LogP contribution in [0.3, 0.4) is 0 Å². The Hall–Kier alpha value is -1.84. The summed E-state index contributed by atoms with van der Waals surface area (Å²) in [4.78, 5) is 15.2. The Morgan fingerprint density at radius 1 is 1.53 bits per heavy atom. The summed E-state index contributed by atoms with van der Waals surface area (Å²) in [6.45, 7) is 2.01. The van der Waals surface area contributed by atoms with E-state index in [0.29, 0.717) is 6.04 Å². The average molecular weight is 230 g/mol. The van der Waals surface area contributed by atoms with Crippen molar-refractivity contribution in [3.63, 3.8) is 0 Å². The number of carbonyl (C=O) groups is 1. The Labute approximate surface area is 98.9 Å². The number of hydrogen-bond acceptors (Lipinski definition) is 2. The van der Waals surface area contributed by atoms with E-state index in [9.17, 15) is 4.79 Å². The van der Waals surface area contributed by atoms with Gasteiger partial charge in [0, 0.05) is 6.04 Å². The number of rotatable bonds is 3. The van der Waals surface area contributed by atoms with Gasteiger partial charge >= 0.3 is 5.97 Å². The van der Waals surface area contributed by atoms with Crippen molar-refractivity contribution in [3.8, 4) is 0 Å². The van der Waals surface area contributed by atoms with Crippen LogP contribution in [0, 0.1) is 6.92 Å². The second-order valence-corrected chi connectivity index (χ2v) is 4.65. The molecule has 1 aromatic heterocycles. The van der Waals surface area contributed by atoms with Gasteiger partial charge in [0.05, 0.1) is 17.5 Å². The number of carboxylic acids is 1. The predicted molar refractivity (Wildman–Crippen MR) is 64.1 cm³/mol. The highest BCUT2D eigenvalue weighted by molar-refractivity contribution is 5.79. The van der Waals surface area contributed by atoms with E-state index in [-0.39, 0.29) is 6.42 Å². The molecular formula is C13H14N2O2. The summed E-state index contributed by atoms with van der Waals surface area (Å²) in [5.41, 5.74) is 2.87. The zero-order chi connectivity index (χ0) is 12.0. The van der Waals surface area contributed by atoms with E-state index in [1.54, 1.807) is 0 Å². The first-order valence-electron chi connectivity index (χ1n) is 5.84. The molecule has 1 aromatic carbocycles. The van der Waals surface area contributed by atoms with Gasteiger partial charge in [0.15, 0.2) is 0 Å². The van der Waals surface area contributed by atoms with Crippen molar-refractivity contribution in [2.45, 2.75) is 32.2 Å². The first-order chi connectivity index (χ1) is 8.15. The molecule has 1 N–H and O–H groups in total.